The second-order valence-electron chi connectivity index (χ2n) is 7.61. The quantitative estimate of drug-likeness (QED) is 0.522. The van der Waals surface area contributed by atoms with Crippen molar-refractivity contribution in [3.05, 3.63) is 54.1 Å². The number of imide groups is 1. The van der Waals surface area contributed by atoms with Crippen LogP contribution in [0.1, 0.15) is 31.2 Å². The van der Waals surface area contributed by atoms with Crippen LogP contribution in [0.15, 0.2) is 53.4 Å². The van der Waals surface area contributed by atoms with Crippen molar-refractivity contribution in [2.24, 2.45) is 5.92 Å². The van der Waals surface area contributed by atoms with Gasteiger partial charge in [0.15, 0.2) is 9.84 Å². The number of carbonyl (C=O) groups is 3. The number of amides is 2. The molecular weight excluding hydrogens is 448 g/mol. The summed E-state index contributed by atoms with van der Waals surface area (Å²) in [6, 6.07) is 14.0. The zero-order chi connectivity index (χ0) is 24.0. The molecule has 0 aliphatic carbocycles. The normalized spacial score (nSPS) is 14.7. The lowest BCUT2D eigenvalue weighted by atomic mass is 10.1. The van der Waals surface area contributed by atoms with Crippen molar-refractivity contribution in [1.82, 2.24) is 4.90 Å². The van der Waals surface area contributed by atoms with Crippen LogP contribution in [0.4, 0.5) is 0 Å². The number of benzene rings is 2. The van der Waals surface area contributed by atoms with Gasteiger partial charge in [0.1, 0.15) is 11.5 Å². The van der Waals surface area contributed by atoms with Crippen LogP contribution in [-0.2, 0) is 24.2 Å². The van der Waals surface area contributed by atoms with Gasteiger partial charge in [0.25, 0.3) is 0 Å². The van der Waals surface area contributed by atoms with E-state index < -0.39 is 27.5 Å². The molecule has 1 aliphatic heterocycles. The fraction of sp³-hybridized carbons (Fsp3) is 0.304. The first-order valence-electron chi connectivity index (χ1n) is 10.3. The number of hydrogen-bond acceptors (Lipinski definition) is 7. The Morgan fingerprint density at radius 3 is 2.09 bits per heavy atom. The summed E-state index contributed by atoms with van der Waals surface area (Å²) in [6.07, 6.45) is 0.535. The average molecular weight is 471 g/mol. The fourth-order valence-electron chi connectivity index (χ4n) is 3.46. The minimum absolute atomic E-state index is 0.0194. The van der Waals surface area contributed by atoms with Crippen LogP contribution in [0.5, 0.6) is 11.5 Å². The number of sulfone groups is 1. The maximum atomic E-state index is 12.8. The predicted octanol–water partition coefficient (Wildman–Crippen LogP) is 2.75. The second kappa shape index (κ2) is 10.3. The lowest BCUT2D eigenvalue weighted by molar-refractivity contribution is -0.141. The van der Waals surface area contributed by atoms with Gasteiger partial charge in [-0.3, -0.25) is 19.3 Å². The molecule has 3 rings (SSSR count). The fourth-order valence-corrected chi connectivity index (χ4v) is 5.04. The highest BCUT2D eigenvalue weighted by Crippen LogP contribution is 2.25. The van der Waals surface area contributed by atoms with Crippen LogP contribution >= 0.6 is 0 Å². The third kappa shape index (κ3) is 6.17. The smallest absolute Gasteiger partial charge is 0.307 e. The third-order valence-electron chi connectivity index (χ3n) is 5.26. The van der Waals surface area contributed by atoms with Gasteiger partial charge in [0.05, 0.1) is 28.2 Å². The summed E-state index contributed by atoms with van der Waals surface area (Å²) in [7, 11) is -3.89. The topological polar surface area (TPSA) is 142 Å². The summed E-state index contributed by atoms with van der Waals surface area (Å²) >= 11 is 0. The molecule has 0 aromatic heterocycles. The Kier molecular flexibility index (Phi) is 7.45. The minimum Gasteiger partial charge on any atom is -0.481 e. The van der Waals surface area contributed by atoms with E-state index in [0.717, 1.165) is 4.90 Å². The maximum Gasteiger partial charge on any atom is 0.307 e. The standard InChI is InChI=1S/C23H22N2O7S/c24-14-16-3-5-18(6-4-16)32-19-7-9-20(10-8-19)33(30,31)15-17(23(28)29)2-1-13-25-21(26)11-12-22(25)27/h3-10,17H,1-2,11-13,15H2,(H,28,29). The van der Waals surface area contributed by atoms with E-state index in [0.29, 0.717) is 17.1 Å². The van der Waals surface area contributed by atoms with Gasteiger partial charge < -0.3 is 9.84 Å². The van der Waals surface area contributed by atoms with E-state index in [9.17, 15) is 27.9 Å². The third-order valence-corrected chi connectivity index (χ3v) is 7.09. The highest BCUT2D eigenvalue weighted by Gasteiger charge is 2.30. The molecule has 1 heterocycles. The summed E-state index contributed by atoms with van der Waals surface area (Å²) in [4.78, 5) is 36.0. The van der Waals surface area contributed by atoms with Crippen molar-refractivity contribution in [1.29, 1.82) is 5.26 Å². The minimum atomic E-state index is -3.89. The molecule has 1 fully saturated rings. The molecule has 2 aromatic carbocycles. The second-order valence-corrected chi connectivity index (χ2v) is 9.64. The Hall–Kier alpha value is -3.71. The molecule has 2 amide bonds. The Labute approximate surface area is 191 Å². The van der Waals surface area contributed by atoms with Gasteiger partial charge in [-0.2, -0.15) is 5.26 Å². The van der Waals surface area contributed by atoms with Gasteiger partial charge in [-0.05, 0) is 61.4 Å². The number of rotatable bonds is 10. The molecule has 0 saturated carbocycles. The number of likely N-dealkylation sites (tertiary alicyclic amines) is 1. The van der Waals surface area contributed by atoms with Crippen molar-refractivity contribution < 1.29 is 32.6 Å². The van der Waals surface area contributed by atoms with E-state index in [1.807, 2.05) is 6.07 Å². The highest BCUT2D eigenvalue weighted by atomic mass is 32.2. The summed E-state index contributed by atoms with van der Waals surface area (Å²) in [5.74, 6) is -2.74. The molecular formula is C23H22N2O7S. The first-order chi connectivity index (χ1) is 15.7. The van der Waals surface area contributed by atoms with Crippen molar-refractivity contribution in [2.75, 3.05) is 12.3 Å². The molecule has 1 atom stereocenters. The maximum absolute atomic E-state index is 12.8. The molecule has 2 aromatic rings. The number of carboxylic acid groups (broad SMARTS) is 1. The van der Waals surface area contributed by atoms with Crippen LogP contribution in [0.25, 0.3) is 0 Å². The van der Waals surface area contributed by atoms with Crippen LogP contribution in [0.3, 0.4) is 0 Å². The SMILES string of the molecule is N#Cc1ccc(Oc2ccc(S(=O)(=O)CC(CCCN3C(=O)CCC3=O)C(=O)O)cc2)cc1. The van der Waals surface area contributed by atoms with Crippen molar-refractivity contribution in [2.45, 2.75) is 30.6 Å². The van der Waals surface area contributed by atoms with Crippen LogP contribution < -0.4 is 4.74 Å². The summed E-state index contributed by atoms with van der Waals surface area (Å²) in [5.41, 5.74) is 0.482. The Balaban J connectivity index is 1.61. The largest absolute Gasteiger partial charge is 0.481 e. The molecule has 9 nitrogen and oxygen atoms in total. The van der Waals surface area contributed by atoms with Crippen molar-refractivity contribution >= 4 is 27.6 Å². The number of nitriles is 1. The van der Waals surface area contributed by atoms with Crippen LogP contribution in [0, 0.1) is 17.2 Å². The Bertz CT molecular complexity index is 1170. The Morgan fingerprint density at radius 2 is 1.58 bits per heavy atom. The van der Waals surface area contributed by atoms with E-state index >= 15 is 0 Å². The van der Waals surface area contributed by atoms with E-state index in [4.69, 9.17) is 10.00 Å². The molecule has 0 spiro atoms. The van der Waals surface area contributed by atoms with Crippen LogP contribution in [0.2, 0.25) is 0 Å². The molecule has 172 valence electrons. The number of hydrogen-bond donors (Lipinski definition) is 1. The zero-order valence-corrected chi connectivity index (χ0v) is 18.5. The van der Waals surface area contributed by atoms with E-state index in [1.54, 1.807) is 24.3 Å². The summed E-state index contributed by atoms with van der Waals surface area (Å²) < 4.78 is 31.1. The van der Waals surface area contributed by atoms with E-state index in [1.165, 1.54) is 24.3 Å². The summed E-state index contributed by atoms with van der Waals surface area (Å²) in [5, 5.41) is 18.3. The van der Waals surface area contributed by atoms with Crippen molar-refractivity contribution in [3.63, 3.8) is 0 Å². The van der Waals surface area contributed by atoms with Gasteiger partial charge >= 0.3 is 5.97 Å². The average Bonchev–Trinajstić information content (AvgIpc) is 3.11. The molecule has 33 heavy (non-hydrogen) atoms. The van der Waals surface area contributed by atoms with Gasteiger partial charge in [-0.25, -0.2) is 8.42 Å². The first-order valence-corrected chi connectivity index (χ1v) is 11.9. The van der Waals surface area contributed by atoms with E-state index in [2.05, 4.69) is 0 Å². The highest BCUT2D eigenvalue weighted by molar-refractivity contribution is 7.91. The monoisotopic (exact) mass is 470 g/mol. The molecule has 10 heteroatoms. The number of aliphatic carboxylic acids is 1. The molecule has 1 saturated heterocycles. The van der Waals surface area contributed by atoms with Gasteiger partial charge in [0, 0.05) is 19.4 Å². The Morgan fingerprint density at radius 1 is 1.03 bits per heavy atom. The molecule has 0 bridgehead atoms. The van der Waals surface area contributed by atoms with Crippen LogP contribution in [-0.4, -0.2) is 48.5 Å². The lowest BCUT2D eigenvalue weighted by Crippen LogP contribution is -2.31. The molecule has 1 N–H and O–H groups in total. The van der Waals surface area contributed by atoms with Gasteiger partial charge in [0.2, 0.25) is 11.8 Å². The first kappa shape index (κ1) is 23.9. The van der Waals surface area contributed by atoms with E-state index in [-0.39, 0.29) is 48.9 Å². The lowest BCUT2D eigenvalue weighted by Gasteiger charge is -2.16. The number of carboxylic acids is 1. The molecule has 1 unspecified atom stereocenters. The number of nitrogens with zero attached hydrogens (tertiary/aromatic N) is 2. The van der Waals surface area contributed by atoms with Gasteiger partial charge in [-0.1, -0.05) is 0 Å². The molecule has 1 aliphatic rings. The zero-order valence-electron chi connectivity index (χ0n) is 17.6. The summed E-state index contributed by atoms with van der Waals surface area (Å²) in [6.45, 7) is 0.0862. The predicted molar refractivity (Wildman–Crippen MR) is 116 cm³/mol. The number of carbonyl (C=O) groups excluding carboxylic acids is 2. The van der Waals surface area contributed by atoms with Crippen molar-refractivity contribution in [3.8, 4) is 17.6 Å². The number of ether oxygens (including phenoxy) is 1. The molecule has 0 radical (unpaired) electrons. The van der Waals surface area contributed by atoms with Gasteiger partial charge in [-0.15, -0.1) is 0 Å².